The van der Waals surface area contributed by atoms with Gasteiger partial charge in [0.1, 0.15) is 0 Å². The minimum Gasteiger partial charge on any atom is -0.330 e. The number of piperidine rings is 1. The van der Waals surface area contributed by atoms with Crippen LogP contribution in [0, 0.1) is 5.92 Å². The Morgan fingerprint density at radius 1 is 1.19 bits per heavy atom. The molecular formula is C18H28N2O. The Labute approximate surface area is 128 Å². The highest BCUT2D eigenvalue weighted by Gasteiger charge is 2.17. The van der Waals surface area contributed by atoms with Gasteiger partial charge in [-0.1, -0.05) is 36.8 Å². The maximum Gasteiger partial charge on any atom is 0.162 e. The molecule has 1 aromatic carbocycles. The maximum atomic E-state index is 12.0. The molecule has 1 aromatic rings. The van der Waals surface area contributed by atoms with E-state index >= 15 is 0 Å². The first-order valence-corrected chi connectivity index (χ1v) is 8.30. The second-order valence-corrected chi connectivity index (χ2v) is 6.14. The lowest BCUT2D eigenvalue weighted by Crippen LogP contribution is -2.38. The van der Waals surface area contributed by atoms with E-state index in [0.717, 1.165) is 31.5 Å². The molecule has 3 nitrogen and oxygen atoms in total. The van der Waals surface area contributed by atoms with Gasteiger partial charge in [-0.3, -0.25) is 4.79 Å². The number of carbonyl (C=O) groups is 1. The minimum absolute atomic E-state index is 0.275. The average Bonchev–Trinajstić information content (AvgIpc) is 2.55. The molecule has 1 aliphatic heterocycles. The molecule has 1 atom stereocenters. The number of likely N-dealkylation sites (tertiary alicyclic amines) is 1. The van der Waals surface area contributed by atoms with Crippen LogP contribution in [0.5, 0.6) is 0 Å². The van der Waals surface area contributed by atoms with E-state index in [1.807, 2.05) is 30.3 Å². The Hall–Kier alpha value is -1.19. The van der Waals surface area contributed by atoms with Crippen molar-refractivity contribution in [1.29, 1.82) is 0 Å². The number of unbranched alkanes of at least 4 members (excludes halogenated alkanes) is 2. The van der Waals surface area contributed by atoms with Crippen molar-refractivity contribution in [3.8, 4) is 0 Å². The molecule has 2 rings (SSSR count). The van der Waals surface area contributed by atoms with E-state index in [1.165, 1.54) is 32.4 Å². The quantitative estimate of drug-likeness (QED) is 0.590. The molecule has 0 aliphatic carbocycles. The molecule has 116 valence electrons. The zero-order valence-electron chi connectivity index (χ0n) is 13.0. The van der Waals surface area contributed by atoms with Gasteiger partial charge in [0.05, 0.1) is 0 Å². The van der Waals surface area contributed by atoms with Gasteiger partial charge in [-0.25, -0.2) is 0 Å². The van der Waals surface area contributed by atoms with Gasteiger partial charge in [0.2, 0.25) is 0 Å². The summed E-state index contributed by atoms with van der Waals surface area (Å²) in [6.07, 6.45) is 6.59. The fourth-order valence-electron chi connectivity index (χ4n) is 3.11. The van der Waals surface area contributed by atoms with Crippen molar-refractivity contribution in [2.45, 2.75) is 38.5 Å². The lowest BCUT2D eigenvalue weighted by Gasteiger charge is -2.32. The molecule has 0 aromatic heterocycles. The second-order valence-electron chi connectivity index (χ2n) is 6.14. The second kappa shape index (κ2) is 8.96. The molecule has 3 heteroatoms. The summed E-state index contributed by atoms with van der Waals surface area (Å²) in [6, 6.07) is 9.62. The molecule has 21 heavy (non-hydrogen) atoms. The minimum atomic E-state index is 0.275. The van der Waals surface area contributed by atoms with Crippen LogP contribution >= 0.6 is 0 Å². The standard InChI is InChI=1S/C18H28N2O/c19-14-16-8-7-13-20(15-16)12-6-2-5-11-18(21)17-9-3-1-4-10-17/h1,3-4,9-10,16H,2,5-8,11-15,19H2. The predicted molar refractivity (Wildman–Crippen MR) is 87.5 cm³/mol. The van der Waals surface area contributed by atoms with Crippen molar-refractivity contribution < 1.29 is 4.79 Å². The van der Waals surface area contributed by atoms with Crippen LogP contribution in [-0.4, -0.2) is 36.9 Å². The topological polar surface area (TPSA) is 46.3 Å². The van der Waals surface area contributed by atoms with Crippen LogP contribution in [0.15, 0.2) is 30.3 Å². The first-order valence-electron chi connectivity index (χ1n) is 8.30. The number of carbonyl (C=O) groups excluding carboxylic acids is 1. The molecule has 0 radical (unpaired) electrons. The number of benzene rings is 1. The molecule has 1 saturated heterocycles. The van der Waals surface area contributed by atoms with Crippen LogP contribution in [0.2, 0.25) is 0 Å². The number of nitrogens with zero attached hydrogens (tertiary/aromatic N) is 1. The van der Waals surface area contributed by atoms with Crippen molar-refractivity contribution in [2.24, 2.45) is 11.7 Å². The average molecular weight is 288 g/mol. The van der Waals surface area contributed by atoms with Gasteiger partial charge in [0, 0.05) is 18.5 Å². The summed E-state index contributed by atoms with van der Waals surface area (Å²) in [5.74, 6) is 0.968. The van der Waals surface area contributed by atoms with Crippen LogP contribution < -0.4 is 5.73 Å². The number of Topliss-reactive ketones (excluding diaryl/α,β-unsaturated/α-hetero) is 1. The van der Waals surface area contributed by atoms with Crippen LogP contribution in [0.25, 0.3) is 0 Å². The summed E-state index contributed by atoms with van der Waals surface area (Å²) in [6.45, 7) is 4.37. The predicted octanol–water partition coefficient (Wildman–Crippen LogP) is 3.10. The Balaban J connectivity index is 1.57. The fourth-order valence-corrected chi connectivity index (χ4v) is 3.11. The number of hydrogen-bond acceptors (Lipinski definition) is 3. The zero-order valence-corrected chi connectivity index (χ0v) is 13.0. The van der Waals surface area contributed by atoms with E-state index in [4.69, 9.17) is 5.73 Å². The summed E-state index contributed by atoms with van der Waals surface area (Å²) < 4.78 is 0. The summed E-state index contributed by atoms with van der Waals surface area (Å²) in [4.78, 5) is 14.5. The molecule has 1 aliphatic rings. The van der Waals surface area contributed by atoms with E-state index in [0.29, 0.717) is 12.3 Å². The van der Waals surface area contributed by atoms with Crippen LogP contribution in [0.3, 0.4) is 0 Å². The van der Waals surface area contributed by atoms with Crippen LogP contribution in [0.1, 0.15) is 48.9 Å². The van der Waals surface area contributed by atoms with Gasteiger partial charge >= 0.3 is 0 Å². The molecule has 0 bridgehead atoms. The number of nitrogens with two attached hydrogens (primary N) is 1. The normalized spacial score (nSPS) is 19.6. The van der Waals surface area contributed by atoms with Gasteiger partial charge < -0.3 is 10.6 Å². The molecule has 1 fully saturated rings. The third-order valence-electron chi connectivity index (χ3n) is 4.41. The molecular weight excluding hydrogens is 260 g/mol. The summed E-state index contributed by atoms with van der Waals surface area (Å²) in [7, 11) is 0. The first kappa shape index (κ1) is 16.2. The maximum absolute atomic E-state index is 12.0. The molecule has 2 N–H and O–H groups in total. The Bertz CT molecular complexity index is 418. The fraction of sp³-hybridized carbons (Fsp3) is 0.611. The smallest absolute Gasteiger partial charge is 0.162 e. The van der Waals surface area contributed by atoms with Crippen molar-refractivity contribution in [1.82, 2.24) is 4.90 Å². The molecule has 0 spiro atoms. The van der Waals surface area contributed by atoms with Crippen LogP contribution in [-0.2, 0) is 0 Å². The van der Waals surface area contributed by atoms with E-state index in [-0.39, 0.29) is 5.78 Å². The van der Waals surface area contributed by atoms with E-state index in [2.05, 4.69) is 4.90 Å². The monoisotopic (exact) mass is 288 g/mol. The first-order chi connectivity index (χ1) is 10.3. The van der Waals surface area contributed by atoms with Gasteiger partial charge in [-0.2, -0.15) is 0 Å². The molecule has 1 heterocycles. The largest absolute Gasteiger partial charge is 0.330 e. The molecule has 1 unspecified atom stereocenters. The lowest BCUT2D eigenvalue weighted by atomic mass is 9.98. The van der Waals surface area contributed by atoms with Gasteiger partial charge in [0.25, 0.3) is 0 Å². The third-order valence-corrected chi connectivity index (χ3v) is 4.41. The van der Waals surface area contributed by atoms with Gasteiger partial charge in [0.15, 0.2) is 5.78 Å². The summed E-state index contributed by atoms with van der Waals surface area (Å²) >= 11 is 0. The number of rotatable bonds is 8. The van der Waals surface area contributed by atoms with Crippen molar-refractivity contribution in [3.05, 3.63) is 35.9 Å². The van der Waals surface area contributed by atoms with Crippen molar-refractivity contribution in [2.75, 3.05) is 26.2 Å². The number of ketones is 1. The SMILES string of the molecule is NCC1CCCN(CCCCCC(=O)c2ccccc2)C1. The third kappa shape index (κ3) is 5.60. The summed E-state index contributed by atoms with van der Waals surface area (Å²) in [5, 5.41) is 0. The number of hydrogen-bond donors (Lipinski definition) is 1. The summed E-state index contributed by atoms with van der Waals surface area (Å²) in [5.41, 5.74) is 6.61. The molecule has 0 amide bonds. The highest BCUT2D eigenvalue weighted by molar-refractivity contribution is 5.95. The highest BCUT2D eigenvalue weighted by atomic mass is 16.1. The zero-order chi connectivity index (χ0) is 14.9. The highest BCUT2D eigenvalue weighted by Crippen LogP contribution is 2.16. The van der Waals surface area contributed by atoms with E-state index in [1.54, 1.807) is 0 Å². The van der Waals surface area contributed by atoms with Gasteiger partial charge in [-0.15, -0.1) is 0 Å². The Kier molecular flexibility index (Phi) is 6.90. The van der Waals surface area contributed by atoms with Crippen molar-refractivity contribution >= 4 is 5.78 Å². The van der Waals surface area contributed by atoms with Gasteiger partial charge in [-0.05, 0) is 51.2 Å². The van der Waals surface area contributed by atoms with E-state index in [9.17, 15) is 4.79 Å². The van der Waals surface area contributed by atoms with Crippen LogP contribution in [0.4, 0.5) is 0 Å². The van der Waals surface area contributed by atoms with Crippen molar-refractivity contribution in [3.63, 3.8) is 0 Å². The lowest BCUT2D eigenvalue weighted by molar-refractivity contribution is 0.0978. The Morgan fingerprint density at radius 3 is 2.76 bits per heavy atom. The Morgan fingerprint density at radius 2 is 2.00 bits per heavy atom. The van der Waals surface area contributed by atoms with E-state index < -0.39 is 0 Å². The molecule has 0 saturated carbocycles.